The Bertz CT molecular complexity index is 1440. The smallest absolute Gasteiger partial charge is 0.256 e. The number of carbonyl (C=O) groups excluding carboxylic acids is 1. The monoisotopic (exact) mass is 490 g/mol. The van der Waals surface area contributed by atoms with Crippen LogP contribution >= 0.6 is 0 Å². The van der Waals surface area contributed by atoms with Gasteiger partial charge in [-0.1, -0.05) is 12.1 Å². The lowest BCUT2D eigenvalue weighted by Gasteiger charge is -2.45. The molecule has 4 aromatic rings. The Morgan fingerprint density at radius 1 is 1.08 bits per heavy atom. The van der Waals surface area contributed by atoms with Gasteiger partial charge in [0.2, 0.25) is 0 Å². The van der Waals surface area contributed by atoms with Gasteiger partial charge in [-0.3, -0.25) is 9.48 Å². The zero-order chi connectivity index (χ0) is 25.0. The molecule has 10 heteroatoms. The van der Waals surface area contributed by atoms with E-state index in [9.17, 15) is 13.6 Å². The Hall–Kier alpha value is -4.08. The number of amides is 1. The molecule has 0 spiro atoms. The zero-order valence-electron chi connectivity index (χ0n) is 19.9. The van der Waals surface area contributed by atoms with Gasteiger partial charge in [0, 0.05) is 24.2 Å². The van der Waals surface area contributed by atoms with Gasteiger partial charge in [0.1, 0.15) is 0 Å². The van der Waals surface area contributed by atoms with E-state index in [1.165, 1.54) is 24.0 Å². The van der Waals surface area contributed by atoms with Gasteiger partial charge in [-0.05, 0) is 49.9 Å². The fourth-order valence-electron chi connectivity index (χ4n) is 5.71. The van der Waals surface area contributed by atoms with E-state index in [-0.39, 0.29) is 18.0 Å². The van der Waals surface area contributed by atoms with Gasteiger partial charge in [-0.25, -0.2) is 8.78 Å². The number of piperidine rings is 1. The van der Waals surface area contributed by atoms with Crippen molar-refractivity contribution in [1.82, 2.24) is 29.7 Å². The summed E-state index contributed by atoms with van der Waals surface area (Å²) in [5.74, 6) is -2.04. The molecule has 2 aliphatic heterocycles. The lowest BCUT2D eigenvalue weighted by atomic mass is 9.81. The molecular formula is C26H24F2N6O2. The first-order chi connectivity index (χ1) is 17.5. The lowest BCUT2D eigenvalue weighted by molar-refractivity contribution is 0.0391. The van der Waals surface area contributed by atoms with Crippen molar-refractivity contribution in [2.45, 2.75) is 37.8 Å². The maximum atomic E-state index is 14.5. The minimum Gasteiger partial charge on any atom is -0.491 e. The number of nitrogens with zero attached hydrogens (tertiary/aromatic N) is 6. The number of hydrogen-bond donors (Lipinski definition) is 0. The highest BCUT2D eigenvalue weighted by atomic mass is 19.1. The Morgan fingerprint density at radius 3 is 2.53 bits per heavy atom. The number of aromatic nitrogens is 5. The van der Waals surface area contributed by atoms with Gasteiger partial charge < -0.3 is 9.64 Å². The number of aryl methyl sites for hydroxylation is 1. The zero-order valence-corrected chi connectivity index (χ0v) is 19.9. The summed E-state index contributed by atoms with van der Waals surface area (Å²) in [7, 11) is 3.00. The number of methoxy groups -OCH3 is 1. The van der Waals surface area contributed by atoms with Crippen LogP contribution in [0.3, 0.4) is 0 Å². The second-order valence-electron chi connectivity index (χ2n) is 9.16. The van der Waals surface area contributed by atoms with Crippen LogP contribution in [0.2, 0.25) is 0 Å². The summed E-state index contributed by atoms with van der Waals surface area (Å²) in [6, 6.07) is 9.56. The fraction of sp³-hybridized carbons (Fsp3) is 0.308. The van der Waals surface area contributed by atoms with Crippen LogP contribution in [0.25, 0.3) is 16.9 Å². The summed E-state index contributed by atoms with van der Waals surface area (Å²) in [5.41, 5.74) is 3.91. The fourth-order valence-corrected chi connectivity index (χ4v) is 5.71. The highest BCUT2D eigenvalue weighted by Gasteiger charge is 2.44. The molecule has 184 valence electrons. The second kappa shape index (κ2) is 8.54. The first kappa shape index (κ1) is 22.4. The van der Waals surface area contributed by atoms with Crippen molar-refractivity contribution >= 4 is 5.91 Å². The number of halogens is 2. The van der Waals surface area contributed by atoms with Crippen LogP contribution in [0.15, 0.2) is 48.8 Å². The molecule has 4 heterocycles. The van der Waals surface area contributed by atoms with Crippen molar-refractivity contribution < 1.29 is 18.3 Å². The van der Waals surface area contributed by atoms with E-state index in [1.807, 2.05) is 23.1 Å². The molecule has 8 nitrogen and oxygen atoms in total. The molecule has 0 radical (unpaired) electrons. The van der Waals surface area contributed by atoms with E-state index in [0.717, 1.165) is 30.5 Å². The average molecular weight is 491 g/mol. The summed E-state index contributed by atoms with van der Waals surface area (Å²) < 4.78 is 35.6. The van der Waals surface area contributed by atoms with Gasteiger partial charge in [-0.15, -0.1) is 0 Å². The molecular weight excluding hydrogens is 466 g/mol. The number of fused-ring (bicyclic) bond motifs is 4. The molecule has 1 amide bonds. The predicted octanol–water partition coefficient (Wildman–Crippen LogP) is 4.25. The second-order valence-corrected chi connectivity index (χ2v) is 9.16. The molecule has 2 atom stereocenters. The van der Waals surface area contributed by atoms with Crippen molar-refractivity contribution in [2.75, 3.05) is 7.11 Å². The van der Waals surface area contributed by atoms with E-state index in [1.54, 1.807) is 30.2 Å². The van der Waals surface area contributed by atoms with Gasteiger partial charge in [0.15, 0.2) is 17.4 Å². The highest BCUT2D eigenvalue weighted by molar-refractivity contribution is 5.98. The Kier molecular flexibility index (Phi) is 5.31. The molecule has 6 rings (SSSR count). The maximum Gasteiger partial charge on any atom is 0.256 e. The van der Waals surface area contributed by atoms with Crippen LogP contribution in [0.4, 0.5) is 8.78 Å². The molecule has 0 N–H and O–H groups in total. The van der Waals surface area contributed by atoms with Crippen LogP contribution in [0.1, 0.15) is 46.9 Å². The third kappa shape index (κ3) is 3.39. The van der Waals surface area contributed by atoms with Gasteiger partial charge >= 0.3 is 0 Å². The Balaban J connectivity index is 1.43. The molecule has 36 heavy (non-hydrogen) atoms. The van der Waals surface area contributed by atoms with Crippen LogP contribution in [-0.4, -0.2) is 48.7 Å². The van der Waals surface area contributed by atoms with E-state index in [4.69, 9.17) is 9.84 Å². The highest BCUT2D eigenvalue weighted by Crippen LogP contribution is 2.45. The summed E-state index contributed by atoms with van der Waals surface area (Å²) in [6.45, 7) is 0. The number of rotatable bonds is 4. The first-order valence-electron chi connectivity index (χ1n) is 11.9. The first-order valence-corrected chi connectivity index (χ1v) is 11.9. The van der Waals surface area contributed by atoms with Crippen molar-refractivity contribution in [3.8, 4) is 22.7 Å². The number of para-hydroxylation sites is 1. The Labute approximate surface area is 206 Å². The summed E-state index contributed by atoms with van der Waals surface area (Å²) in [6.07, 6.45) is 6.27. The number of ether oxygens (including phenoxy) is 1. The number of benzene rings is 2. The average Bonchev–Trinajstić information content (AvgIpc) is 3.51. The normalized spacial score (nSPS) is 18.7. The van der Waals surface area contributed by atoms with Gasteiger partial charge in [0.25, 0.3) is 5.91 Å². The molecule has 1 saturated heterocycles. The predicted molar refractivity (Wildman–Crippen MR) is 127 cm³/mol. The summed E-state index contributed by atoms with van der Waals surface area (Å²) in [4.78, 5) is 17.3. The molecule has 2 unspecified atom stereocenters. The van der Waals surface area contributed by atoms with Gasteiger partial charge in [-0.2, -0.15) is 20.1 Å². The SMILES string of the molecule is COc1c(F)cc(-c2c3c(nn2C)C2CCCC(C3)N2C(=O)c2ccccc2-n2nccn2)cc1F. The van der Waals surface area contributed by atoms with Crippen LogP contribution in [0, 0.1) is 11.6 Å². The maximum absolute atomic E-state index is 14.5. The topological polar surface area (TPSA) is 78.1 Å². The van der Waals surface area contributed by atoms with E-state index < -0.39 is 17.4 Å². The molecule has 0 aliphatic carbocycles. The van der Waals surface area contributed by atoms with Crippen LogP contribution in [0.5, 0.6) is 5.75 Å². The third-order valence-electron chi connectivity index (χ3n) is 7.15. The molecule has 0 saturated carbocycles. The largest absolute Gasteiger partial charge is 0.491 e. The molecule has 2 aromatic carbocycles. The number of hydrogen-bond acceptors (Lipinski definition) is 5. The molecule has 2 bridgehead atoms. The molecule has 2 aliphatic rings. The van der Waals surface area contributed by atoms with Crippen molar-refractivity contribution in [1.29, 1.82) is 0 Å². The third-order valence-corrected chi connectivity index (χ3v) is 7.15. The quantitative estimate of drug-likeness (QED) is 0.428. The summed E-state index contributed by atoms with van der Waals surface area (Å²) in [5, 5.41) is 13.2. The van der Waals surface area contributed by atoms with Crippen molar-refractivity contribution in [2.24, 2.45) is 7.05 Å². The van der Waals surface area contributed by atoms with Gasteiger partial charge in [0.05, 0.1) is 48.2 Å². The van der Waals surface area contributed by atoms with E-state index in [0.29, 0.717) is 28.9 Å². The van der Waals surface area contributed by atoms with Crippen molar-refractivity contribution in [3.63, 3.8) is 0 Å². The minimum atomic E-state index is -0.765. The molecule has 1 fully saturated rings. The standard InChI is InChI=1S/C26H24F2N6O2/c1-32-24(15-12-19(27)25(36-2)20(28)13-15)18-14-16-6-5-9-22(23(18)31-32)33(16)26(35)17-7-3-4-8-21(17)34-29-10-11-30-34/h3-4,7-8,10-13,16,22H,5-6,9,14H2,1-2H3. The minimum absolute atomic E-state index is 0.0571. The van der Waals surface area contributed by atoms with Crippen LogP contribution < -0.4 is 4.74 Å². The van der Waals surface area contributed by atoms with E-state index >= 15 is 0 Å². The van der Waals surface area contributed by atoms with E-state index in [2.05, 4.69) is 10.2 Å². The van der Waals surface area contributed by atoms with Crippen molar-refractivity contribution in [3.05, 3.63) is 77.2 Å². The molecule has 2 aromatic heterocycles. The van der Waals surface area contributed by atoms with Crippen LogP contribution in [-0.2, 0) is 13.5 Å². The Morgan fingerprint density at radius 2 is 1.81 bits per heavy atom. The lowest BCUT2D eigenvalue weighted by Crippen LogP contribution is -2.50. The summed E-state index contributed by atoms with van der Waals surface area (Å²) >= 11 is 0. The number of carbonyl (C=O) groups is 1.